The van der Waals surface area contributed by atoms with E-state index < -0.39 is 5.82 Å². The molecule has 7 nitrogen and oxygen atoms in total. The van der Waals surface area contributed by atoms with Crippen LogP contribution in [0.3, 0.4) is 0 Å². The van der Waals surface area contributed by atoms with Gasteiger partial charge in [-0.3, -0.25) is 9.59 Å². The number of benzene rings is 2. The number of rotatable bonds is 5. The van der Waals surface area contributed by atoms with Crippen molar-refractivity contribution in [1.82, 2.24) is 14.8 Å². The highest BCUT2D eigenvalue weighted by molar-refractivity contribution is 5.93. The molecule has 4 rings (SSSR count). The molecule has 1 aromatic heterocycles. The average molecular weight is 421 g/mol. The number of nitrogens with one attached hydrogen (secondary N) is 2. The summed E-state index contributed by atoms with van der Waals surface area (Å²) in [6.45, 7) is 2.21. The van der Waals surface area contributed by atoms with Gasteiger partial charge in [0.25, 0.3) is 0 Å². The molecule has 0 unspecified atom stereocenters. The fourth-order valence-corrected chi connectivity index (χ4v) is 3.76. The molecule has 0 radical (unpaired) electrons. The fourth-order valence-electron chi connectivity index (χ4n) is 3.76. The molecule has 2 amide bonds. The molecule has 0 fully saturated rings. The number of aryl methyl sites for hydroxylation is 1. The van der Waals surface area contributed by atoms with Crippen molar-refractivity contribution in [3.63, 3.8) is 0 Å². The maximum absolute atomic E-state index is 14.6. The lowest BCUT2D eigenvalue weighted by atomic mass is 10.1. The van der Waals surface area contributed by atoms with Crippen molar-refractivity contribution in [2.75, 3.05) is 10.6 Å². The predicted molar refractivity (Wildman–Crippen MR) is 116 cm³/mol. The van der Waals surface area contributed by atoms with E-state index in [0.717, 1.165) is 43.6 Å². The van der Waals surface area contributed by atoms with Crippen LogP contribution in [0.1, 0.15) is 37.6 Å². The van der Waals surface area contributed by atoms with Crippen molar-refractivity contribution in [2.24, 2.45) is 0 Å². The Morgan fingerprint density at radius 3 is 2.55 bits per heavy atom. The van der Waals surface area contributed by atoms with Gasteiger partial charge in [-0.2, -0.15) is 0 Å². The SMILES string of the molecule is CC(=O)Nc1ccc(CC(=O)Nc2ccc(F)c(-c3nnc4n3CCCCC4)c2)cc1. The molecular formula is C23H24FN5O2. The molecule has 0 saturated carbocycles. The van der Waals surface area contributed by atoms with Gasteiger partial charge in [-0.05, 0) is 48.7 Å². The van der Waals surface area contributed by atoms with E-state index in [1.807, 2.05) is 4.57 Å². The van der Waals surface area contributed by atoms with Crippen molar-refractivity contribution in [3.8, 4) is 11.4 Å². The molecular weight excluding hydrogens is 397 g/mol. The van der Waals surface area contributed by atoms with E-state index in [0.29, 0.717) is 22.8 Å². The zero-order valence-corrected chi connectivity index (χ0v) is 17.3. The van der Waals surface area contributed by atoms with Gasteiger partial charge in [0.1, 0.15) is 11.6 Å². The average Bonchev–Trinajstić information content (AvgIpc) is 2.98. The maximum atomic E-state index is 14.6. The molecule has 0 bridgehead atoms. The summed E-state index contributed by atoms with van der Waals surface area (Å²) in [5.74, 6) is 0.612. The van der Waals surface area contributed by atoms with Gasteiger partial charge in [0.2, 0.25) is 11.8 Å². The van der Waals surface area contributed by atoms with Crippen LogP contribution in [0.15, 0.2) is 42.5 Å². The fraction of sp³-hybridized carbons (Fsp3) is 0.304. The zero-order valence-electron chi connectivity index (χ0n) is 17.3. The standard InChI is InChI=1S/C23H24FN5O2/c1-15(30)25-17-8-6-16(7-9-17)13-22(31)26-18-10-11-20(24)19(14-18)23-28-27-21-5-3-2-4-12-29(21)23/h6-11,14H,2-5,12-13H2,1H3,(H,25,30)(H,26,31). The summed E-state index contributed by atoms with van der Waals surface area (Å²) < 4.78 is 16.6. The van der Waals surface area contributed by atoms with Crippen molar-refractivity contribution in [3.05, 3.63) is 59.7 Å². The lowest BCUT2D eigenvalue weighted by molar-refractivity contribution is -0.116. The van der Waals surface area contributed by atoms with E-state index in [4.69, 9.17) is 0 Å². The zero-order chi connectivity index (χ0) is 21.8. The summed E-state index contributed by atoms with van der Waals surface area (Å²) in [6, 6.07) is 11.5. The predicted octanol–water partition coefficient (Wildman–Crippen LogP) is 3.95. The quantitative estimate of drug-likeness (QED) is 0.653. The molecule has 2 heterocycles. The molecule has 0 atom stereocenters. The number of hydrogen-bond acceptors (Lipinski definition) is 4. The third-order valence-electron chi connectivity index (χ3n) is 5.24. The largest absolute Gasteiger partial charge is 0.326 e. The van der Waals surface area contributed by atoms with Crippen LogP contribution in [0.5, 0.6) is 0 Å². The van der Waals surface area contributed by atoms with E-state index in [-0.39, 0.29) is 18.2 Å². The van der Waals surface area contributed by atoms with E-state index in [2.05, 4.69) is 20.8 Å². The molecule has 1 aliphatic heterocycles. The third-order valence-corrected chi connectivity index (χ3v) is 5.24. The van der Waals surface area contributed by atoms with Gasteiger partial charge < -0.3 is 15.2 Å². The Bertz CT molecular complexity index is 1110. The second-order valence-electron chi connectivity index (χ2n) is 7.70. The first kappa shape index (κ1) is 20.7. The van der Waals surface area contributed by atoms with E-state index in [1.54, 1.807) is 30.3 Å². The van der Waals surface area contributed by atoms with Crippen LogP contribution in [0, 0.1) is 5.82 Å². The molecule has 0 saturated heterocycles. The van der Waals surface area contributed by atoms with Crippen LogP contribution in [0.4, 0.5) is 15.8 Å². The van der Waals surface area contributed by atoms with Gasteiger partial charge in [-0.15, -0.1) is 10.2 Å². The molecule has 0 aliphatic carbocycles. The van der Waals surface area contributed by atoms with Crippen molar-refractivity contribution in [2.45, 2.75) is 45.6 Å². The number of halogens is 1. The van der Waals surface area contributed by atoms with E-state index in [1.165, 1.54) is 19.1 Å². The van der Waals surface area contributed by atoms with Crippen molar-refractivity contribution < 1.29 is 14.0 Å². The summed E-state index contributed by atoms with van der Waals surface area (Å²) in [6.07, 6.45) is 4.19. The Hall–Kier alpha value is -3.55. The van der Waals surface area contributed by atoms with Gasteiger partial charge in [-0.25, -0.2) is 4.39 Å². The van der Waals surface area contributed by atoms with Crippen LogP contribution in [-0.2, 0) is 29.0 Å². The summed E-state index contributed by atoms with van der Waals surface area (Å²) in [4.78, 5) is 23.6. The Balaban J connectivity index is 1.48. The van der Waals surface area contributed by atoms with E-state index in [9.17, 15) is 14.0 Å². The maximum Gasteiger partial charge on any atom is 0.228 e. The molecule has 3 aromatic rings. The number of hydrogen-bond donors (Lipinski definition) is 2. The Labute approximate surface area is 179 Å². The summed E-state index contributed by atoms with van der Waals surface area (Å²) in [5.41, 5.74) is 2.31. The smallest absolute Gasteiger partial charge is 0.228 e. The van der Waals surface area contributed by atoms with Gasteiger partial charge in [-0.1, -0.05) is 18.6 Å². The number of amides is 2. The molecule has 1 aliphatic rings. The van der Waals surface area contributed by atoms with Crippen LogP contribution >= 0.6 is 0 Å². The summed E-state index contributed by atoms with van der Waals surface area (Å²) in [7, 11) is 0. The Morgan fingerprint density at radius 1 is 1.00 bits per heavy atom. The van der Waals surface area contributed by atoms with Gasteiger partial charge in [0, 0.05) is 31.3 Å². The number of anilines is 2. The highest BCUT2D eigenvalue weighted by atomic mass is 19.1. The number of carbonyl (C=O) groups is 2. The molecule has 2 N–H and O–H groups in total. The number of carbonyl (C=O) groups excluding carboxylic acids is 2. The third kappa shape index (κ3) is 4.96. The van der Waals surface area contributed by atoms with Crippen LogP contribution in [-0.4, -0.2) is 26.6 Å². The van der Waals surface area contributed by atoms with Gasteiger partial charge in [0.15, 0.2) is 5.82 Å². The molecule has 0 spiro atoms. The Morgan fingerprint density at radius 2 is 1.77 bits per heavy atom. The first-order valence-electron chi connectivity index (χ1n) is 10.4. The molecule has 160 valence electrons. The van der Waals surface area contributed by atoms with E-state index >= 15 is 0 Å². The lowest BCUT2D eigenvalue weighted by Crippen LogP contribution is -2.15. The first-order valence-corrected chi connectivity index (χ1v) is 10.4. The van der Waals surface area contributed by atoms with Gasteiger partial charge >= 0.3 is 0 Å². The van der Waals surface area contributed by atoms with Crippen LogP contribution in [0.25, 0.3) is 11.4 Å². The number of aromatic nitrogens is 3. The number of fused-ring (bicyclic) bond motifs is 1. The highest BCUT2D eigenvalue weighted by Gasteiger charge is 2.19. The highest BCUT2D eigenvalue weighted by Crippen LogP contribution is 2.27. The van der Waals surface area contributed by atoms with Gasteiger partial charge in [0.05, 0.1) is 12.0 Å². The van der Waals surface area contributed by atoms with Crippen LogP contribution in [0.2, 0.25) is 0 Å². The van der Waals surface area contributed by atoms with Crippen LogP contribution < -0.4 is 10.6 Å². The summed E-state index contributed by atoms with van der Waals surface area (Å²) in [5, 5.41) is 14.0. The minimum Gasteiger partial charge on any atom is -0.326 e. The second kappa shape index (κ2) is 9.07. The molecule has 2 aromatic carbocycles. The number of nitrogens with zero attached hydrogens (tertiary/aromatic N) is 3. The lowest BCUT2D eigenvalue weighted by Gasteiger charge is -2.11. The van der Waals surface area contributed by atoms with Crippen molar-refractivity contribution in [1.29, 1.82) is 0 Å². The second-order valence-corrected chi connectivity index (χ2v) is 7.70. The normalized spacial score (nSPS) is 13.2. The van der Waals surface area contributed by atoms with Crippen molar-refractivity contribution >= 4 is 23.2 Å². The topological polar surface area (TPSA) is 88.9 Å². The molecule has 31 heavy (non-hydrogen) atoms. The minimum atomic E-state index is -0.397. The molecule has 8 heteroatoms. The Kier molecular flexibility index (Phi) is 6.06. The summed E-state index contributed by atoms with van der Waals surface area (Å²) >= 11 is 0. The first-order chi connectivity index (χ1) is 15.0. The monoisotopic (exact) mass is 421 g/mol. The minimum absolute atomic E-state index is 0.151.